The number of benzene rings is 2. The van der Waals surface area contributed by atoms with Crippen LogP contribution in [0.15, 0.2) is 57.0 Å². The Hall–Kier alpha value is -2.94. The molecule has 2 heterocycles. The van der Waals surface area contributed by atoms with E-state index in [1.54, 1.807) is 12.1 Å². The number of sulfonamides is 1. The van der Waals surface area contributed by atoms with E-state index in [-0.39, 0.29) is 34.5 Å². The van der Waals surface area contributed by atoms with Crippen LogP contribution in [-0.4, -0.2) is 49.0 Å². The van der Waals surface area contributed by atoms with Gasteiger partial charge in [0, 0.05) is 19.6 Å². The Kier molecular flexibility index (Phi) is 7.50. The van der Waals surface area contributed by atoms with Crippen molar-refractivity contribution in [1.82, 2.24) is 9.29 Å². The number of anilines is 1. The summed E-state index contributed by atoms with van der Waals surface area (Å²) >= 11 is 1.02. The van der Waals surface area contributed by atoms with Crippen molar-refractivity contribution in [2.45, 2.75) is 35.8 Å². The Morgan fingerprint density at radius 1 is 1.21 bits per heavy atom. The van der Waals surface area contributed by atoms with E-state index in [0.717, 1.165) is 31.0 Å². The predicted octanol–water partition coefficient (Wildman–Crippen LogP) is 4.18. The van der Waals surface area contributed by atoms with Crippen LogP contribution in [0.3, 0.4) is 0 Å². The fraction of sp³-hybridized carbons (Fsp3) is 0.348. The van der Waals surface area contributed by atoms with E-state index in [4.69, 9.17) is 9.68 Å². The number of nitriles is 1. The highest BCUT2D eigenvalue weighted by Gasteiger charge is 2.27. The molecule has 1 saturated heterocycles. The fourth-order valence-corrected chi connectivity index (χ4v) is 6.03. The molecule has 0 unspecified atom stereocenters. The fourth-order valence-electron chi connectivity index (χ4n) is 3.78. The molecule has 4 rings (SSSR count). The van der Waals surface area contributed by atoms with Crippen molar-refractivity contribution in [2.24, 2.45) is 0 Å². The van der Waals surface area contributed by atoms with Gasteiger partial charge in [-0.2, -0.15) is 9.57 Å². The molecule has 2 aromatic carbocycles. The Bertz CT molecular complexity index is 1330. The van der Waals surface area contributed by atoms with Crippen molar-refractivity contribution in [1.29, 1.82) is 5.26 Å². The minimum absolute atomic E-state index is 0.0574. The molecule has 0 radical (unpaired) electrons. The second-order valence-electron chi connectivity index (χ2n) is 7.77. The number of piperidine rings is 1. The number of carbonyl (C=O) groups is 1. The van der Waals surface area contributed by atoms with Crippen LogP contribution in [-0.2, 0) is 14.8 Å². The number of nitrogens with zero attached hydrogens (tertiary/aromatic N) is 4. The highest BCUT2D eigenvalue weighted by atomic mass is 32.2. The molecule has 1 fully saturated rings. The van der Waals surface area contributed by atoms with Crippen molar-refractivity contribution < 1.29 is 22.0 Å². The molecule has 0 aliphatic carbocycles. The van der Waals surface area contributed by atoms with Crippen LogP contribution < -0.4 is 4.90 Å². The highest BCUT2D eigenvalue weighted by Crippen LogP contribution is 2.28. The van der Waals surface area contributed by atoms with E-state index < -0.39 is 21.7 Å². The minimum atomic E-state index is -3.60. The lowest BCUT2D eigenvalue weighted by Gasteiger charge is -2.25. The average Bonchev–Trinajstić information content (AvgIpc) is 3.27. The van der Waals surface area contributed by atoms with Crippen LogP contribution in [0.1, 0.15) is 25.7 Å². The first-order valence-corrected chi connectivity index (χ1v) is 13.3. The van der Waals surface area contributed by atoms with Gasteiger partial charge in [0.05, 0.1) is 28.8 Å². The number of halogens is 1. The Balaban J connectivity index is 1.49. The maximum atomic E-state index is 14.2. The number of hydrogen-bond donors (Lipinski definition) is 0. The van der Waals surface area contributed by atoms with Gasteiger partial charge in [-0.1, -0.05) is 30.3 Å². The molecule has 34 heavy (non-hydrogen) atoms. The van der Waals surface area contributed by atoms with Crippen molar-refractivity contribution in [2.75, 3.05) is 30.3 Å². The number of carbonyl (C=O) groups excluding carboxylic acids is 1. The Labute approximate surface area is 201 Å². The summed E-state index contributed by atoms with van der Waals surface area (Å²) in [4.78, 5) is 18.5. The number of rotatable bonds is 8. The van der Waals surface area contributed by atoms with E-state index >= 15 is 0 Å². The Morgan fingerprint density at radius 3 is 2.71 bits per heavy atom. The predicted molar refractivity (Wildman–Crippen MR) is 126 cm³/mol. The molecule has 3 aromatic rings. The number of hydrogen-bond acceptors (Lipinski definition) is 7. The van der Waals surface area contributed by atoms with E-state index in [2.05, 4.69) is 4.98 Å². The van der Waals surface area contributed by atoms with E-state index in [1.165, 1.54) is 39.5 Å². The highest BCUT2D eigenvalue weighted by molar-refractivity contribution is 7.99. The first-order valence-electron chi connectivity index (χ1n) is 10.9. The van der Waals surface area contributed by atoms with Crippen molar-refractivity contribution in [3.05, 3.63) is 48.3 Å². The molecule has 1 aliphatic rings. The number of para-hydroxylation sites is 1. The van der Waals surface area contributed by atoms with Crippen LogP contribution in [0.5, 0.6) is 0 Å². The van der Waals surface area contributed by atoms with Gasteiger partial charge in [0.2, 0.25) is 15.9 Å². The summed E-state index contributed by atoms with van der Waals surface area (Å²) in [5.74, 6) is -1.05. The minimum Gasteiger partial charge on any atom is -0.431 e. The maximum Gasteiger partial charge on any atom is 0.257 e. The molecule has 0 bridgehead atoms. The summed E-state index contributed by atoms with van der Waals surface area (Å²) in [6.07, 6.45) is 2.78. The summed E-state index contributed by atoms with van der Waals surface area (Å²) < 4.78 is 47.3. The number of amides is 1. The monoisotopic (exact) mass is 502 g/mol. The lowest BCUT2D eigenvalue weighted by atomic mass is 10.2. The maximum absolute atomic E-state index is 14.2. The first kappa shape index (κ1) is 24.2. The van der Waals surface area contributed by atoms with Gasteiger partial charge in [-0.25, -0.2) is 17.8 Å². The third-order valence-corrected chi connectivity index (χ3v) is 8.21. The second kappa shape index (κ2) is 10.5. The SMILES string of the molecule is N#CCCN(C(=O)CSc1nc2cc(S(=O)(=O)N3CCCCC3)ccc2o1)c1ccccc1F. The molecule has 0 spiro atoms. The standard InChI is InChI=1S/C23H23FN4O4S2/c24-18-7-2-3-8-20(18)28(14-6-11-25)22(29)16-33-23-26-19-15-17(9-10-21(19)32-23)34(30,31)27-12-4-1-5-13-27/h2-3,7-10,15H,1,4-6,12-14,16H2. The molecular weight excluding hydrogens is 479 g/mol. The summed E-state index contributed by atoms with van der Waals surface area (Å²) in [6, 6.07) is 12.4. The van der Waals surface area contributed by atoms with E-state index in [1.807, 2.05) is 6.07 Å². The third kappa shape index (κ3) is 5.24. The van der Waals surface area contributed by atoms with Crippen LogP contribution in [0, 0.1) is 17.1 Å². The lowest BCUT2D eigenvalue weighted by Crippen LogP contribution is -2.35. The van der Waals surface area contributed by atoms with Gasteiger partial charge in [-0.05, 0) is 43.2 Å². The van der Waals surface area contributed by atoms with Gasteiger partial charge in [0.1, 0.15) is 11.3 Å². The topological polar surface area (TPSA) is 108 Å². The molecular formula is C23H23FN4O4S2. The first-order chi connectivity index (χ1) is 16.4. The molecule has 1 aliphatic heterocycles. The molecule has 8 nitrogen and oxygen atoms in total. The molecule has 1 aromatic heterocycles. The lowest BCUT2D eigenvalue weighted by molar-refractivity contribution is -0.116. The number of oxazole rings is 1. The van der Waals surface area contributed by atoms with Gasteiger partial charge in [-0.3, -0.25) is 4.79 Å². The van der Waals surface area contributed by atoms with Gasteiger partial charge >= 0.3 is 0 Å². The Morgan fingerprint density at radius 2 is 1.97 bits per heavy atom. The van der Waals surface area contributed by atoms with E-state index in [9.17, 15) is 17.6 Å². The van der Waals surface area contributed by atoms with Gasteiger partial charge in [0.15, 0.2) is 5.58 Å². The summed E-state index contributed by atoms with van der Waals surface area (Å²) in [5.41, 5.74) is 0.889. The summed E-state index contributed by atoms with van der Waals surface area (Å²) in [5, 5.41) is 9.11. The van der Waals surface area contributed by atoms with E-state index in [0.29, 0.717) is 24.2 Å². The summed E-state index contributed by atoms with van der Waals surface area (Å²) in [6.45, 7) is 1.07. The average molecular weight is 503 g/mol. The molecule has 11 heteroatoms. The van der Waals surface area contributed by atoms with Gasteiger partial charge in [-0.15, -0.1) is 0 Å². The van der Waals surface area contributed by atoms with Crippen LogP contribution >= 0.6 is 11.8 Å². The molecule has 0 atom stereocenters. The number of thioether (sulfide) groups is 1. The van der Waals surface area contributed by atoms with Crippen LogP contribution in [0.4, 0.5) is 10.1 Å². The van der Waals surface area contributed by atoms with Crippen LogP contribution in [0.2, 0.25) is 0 Å². The molecule has 178 valence electrons. The molecule has 0 saturated carbocycles. The smallest absolute Gasteiger partial charge is 0.257 e. The molecule has 1 amide bonds. The van der Waals surface area contributed by atoms with Crippen molar-refractivity contribution in [3.8, 4) is 6.07 Å². The quantitative estimate of drug-likeness (QED) is 0.425. The van der Waals surface area contributed by atoms with Crippen LogP contribution in [0.25, 0.3) is 11.1 Å². The van der Waals surface area contributed by atoms with Crippen molar-refractivity contribution >= 4 is 44.5 Å². The number of fused-ring (bicyclic) bond motifs is 1. The zero-order chi connectivity index (χ0) is 24.1. The van der Waals surface area contributed by atoms with Gasteiger partial charge < -0.3 is 9.32 Å². The zero-order valence-corrected chi connectivity index (χ0v) is 19.9. The normalized spacial score (nSPS) is 14.7. The second-order valence-corrected chi connectivity index (χ2v) is 10.6. The van der Waals surface area contributed by atoms with Gasteiger partial charge in [0.25, 0.3) is 5.22 Å². The van der Waals surface area contributed by atoms with Crippen molar-refractivity contribution in [3.63, 3.8) is 0 Å². The largest absolute Gasteiger partial charge is 0.431 e. The molecule has 0 N–H and O–H groups in total. The zero-order valence-electron chi connectivity index (χ0n) is 18.3. The third-order valence-electron chi connectivity index (χ3n) is 5.50. The summed E-state index contributed by atoms with van der Waals surface area (Å²) in [7, 11) is -3.60. The number of aromatic nitrogens is 1.